The molecule has 1 aromatic heterocycles. The van der Waals surface area contributed by atoms with E-state index in [0.29, 0.717) is 60.1 Å². The minimum atomic E-state index is -3.53. The lowest BCUT2D eigenvalue weighted by Gasteiger charge is -2.31. The van der Waals surface area contributed by atoms with Crippen molar-refractivity contribution in [3.05, 3.63) is 41.7 Å². The third-order valence-corrected chi connectivity index (χ3v) is 7.47. The fourth-order valence-electron chi connectivity index (χ4n) is 3.55. The van der Waals surface area contributed by atoms with Crippen LogP contribution in [0, 0.1) is 0 Å². The molecule has 170 valence electrons. The maximum absolute atomic E-state index is 12.9. The molecule has 2 aromatic carbocycles. The molecule has 0 spiro atoms. The molecule has 0 atom stereocenters. The highest BCUT2D eigenvalue weighted by molar-refractivity contribution is 7.89. The minimum absolute atomic E-state index is 0.0708. The van der Waals surface area contributed by atoms with Gasteiger partial charge in [-0.25, -0.2) is 13.4 Å². The number of hydrogen-bond acceptors (Lipinski definition) is 8. The summed E-state index contributed by atoms with van der Waals surface area (Å²) in [6.45, 7) is 2.40. The Kier molecular flexibility index (Phi) is 6.38. The van der Waals surface area contributed by atoms with Gasteiger partial charge in [-0.05, 0) is 49.0 Å². The molecule has 1 saturated heterocycles. The van der Waals surface area contributed by atoms with Crippen LogP contribution in [0.15, 0.2) is 41.3 Å². The Bertz CT molecular complexity index is 1230. The monoisotopic (exact) mass is 477 g/mol. The number of sulfonamides is 1. The largest absolute Gasteiger partial charge is 0.493 e. The van der Waals surface area contributed by atoms with Gasteiger partial charge >= 0.3 is 0 Å². The number of fused-ring (bicyclic) bond motifs is 1. The van der Waals surface area contributed by atoms with E-state index in [4.69, 9.17) is 21.1 Å². The van der Waals surface area contributed by atoms with E-state index in [0.717, 1.165) is 0 Å². The number of likely N-dealkylation sites (N-methyl/N-ethyl adjacent to an activating group) is 1. The zero-order valence-electron chi connectivity index (χ0n) is 18.0. The van der Waals surface area contributed by atoms with E-state index >= 15 is 0 Å². The van der Waals surface area contributed by atoms with E-state index in [9.17, 15) is 8.42 Å². The molecule has 0 unspecified atom stereocenters. The average molecular weight is 478 g/mol. The van der Waals surface area contributed by atoms with Crippen molar-refractivity contribution in [1.29, 1.82) is 0 Å². The fourth-order valence-corrected chi connectivity index (χ4v) is 5.14. The molecule has 9 nitrogen and oxygen atoms in total. The van der Waals surface area contributed by atoms with Gasteiger partial charge in [0.2, 0.25) is 15.3 Å². The number of nitrogens with zero attached hydrogens (tertiary/aromatic N) is 4. The van der Waals surface area contributed by atoms with E-state index in [1.165, 1.54) is 4.31 Å². The van der Waals surface area contributed by atoms with Gasteiger partial charge in [-0.1, -0.05) is 0 Å². The summed E-state index contributed by atoms with van der Waals surface area (Å²) in [6.07, 6.45) is 0. The molecular weight excluding hydrogens is 454 g/mol. The number of nitrogens with one attached hydrogen (secondary N) is 1. The Morgan fingerprint density at radius 1 is 0.969 bits per heavy atom. The van der Waals surface area contributed by atoms with Gasteiger partial charge in [0.05, 0.1) is 24.6 Å². The molecule has 2 heterocycles. The maximum Gasteiger partial charge on any atom is 0.243 e. The van der Waals surface area contributed by atoms with Crippen molar-refractivity contribution in [2.45, 2.75) is 4.90 Å². The van der Waals surface area contributed by atoms with Crippen molar-refractivity contribution in [3.8, 4) is 11.5 Å². The molecule has 0 saturated carbocycles. The topological polar surface area (TPSA) is 96.9 Å². The Morgan fingerprint density at radius 3 is 2.22 bits per heavy atom. The van der Waals surface area contributed by atoms with Gasteiger partial charge in [0, 0.05) is 43.3 Å². The van der Waals surface area contributed by atoms with Crippen LogP contribution in [0.1, 0.15) is 0 Å². The van der Waals surface area contributed by atoms with Crippen LogP contribution in [-0.4, -0.2) is 75.0 Å². The molecule has 3 aromatic rings. The number of halogens is 1. The average Bonchev–Trinajstić information content (AvgIpc) is 2.78. The second-order valence-electron chi connectivity index (χ2n) is 7.42. The van der Waals surface area contributed by atoms with Gasteiger partial charge in [-0.15, -0.1) is 0 Å². The summed E-state index contributed by atoms with van der Waals surface area (Å²) < 4.78 is 38.1. The Hall–Kier alpha value is -2.66. The summed E-state index contributed by atoms with van der Waals surface area (Å²) in [6, 6.07) is 10.1. The lowest BCUT2D eigenvalue weighted by atomic mass is 10.2. The summed E-state index contributed by atoms with van der Waals surface area (Å²) in [5.41, 5.74) is 1.24. The zero-order chi connectivity index (χ0) is 22.9. The molecule has 0 radical (unpaired) electrons. The van der Waals surface area contributed by atoms with Gasteiger partial charge in [-0.3, -0.25) is 0 Å². The standard InChI is InChI=1S/C21H24ClN5O4S/c1-26-8-10-27(11-9-26)32(28,29)15-6-4-14(5-7-15)23-20-16-12-18(30-2)19(31-3)13-17(16)24-21(22)25-20/h4-7,12-13H,8-11H2,1-3H3,(H,23,24,25). The van der Waals surface area contributed by atoms with E-state index in [2.05, 4.69) is 20.2 Å². The van der Waals surface area contributed by atoms with Crippen LogP contribution in [0.2, 0.25) is 5.28 Å². The first-order valence-electron chi connectivity index (χ1n) is 9.97. The molecule has 0 aliphatic carbocycles. The molecule has 1 aliphatic heterocycles. The van der Waals surface area contributed by atoms with Crippen LogP contribution in [0.5, 0.6) is 11.5 Å². The summed E-state index contributed by atoms with van der Waals surface area (Å²) in [7, 11) is 1.55. The van der Waals surface area contributed by atoms with Gasteiger partial charge in [-0.2, -0.15) is 9.29 Å². The fraction of sp³-hybridized carbons (Fsp3) is 0.333. The maximum atomic E-state index is 12.9. The second kappa shape index (κ2) is 9.07. The number of methoxy groups -OCH3 is 2. The van der Waals surface area contributed by atoms with Crippen LogP contribution in [0.4, 0.5) is 11.5 Å². The number of hydrogen-bond donors (Lipinski definition) is 1. The molecule has 1 fully saturated rings. The highest BCUT2D eigenvalue weighted by Gasteiger charge is 2.27. The van der Waals surface area contributed by atoms with Crippen LogP contribution < -0.4 is 14.8 Å². The minimum Gasteiger partial charge on any atom is -0.493 e. The first-order valence-corrected chi connectivity index (χ1v) is 11.8. The Morgan fingerprint density at radius 2 is 1.59 bits per heavy atom. The van der Waals surface area contributed by atoms with Crippen molar-refractivity contribution in [1.82, 2.24) is 19.2 Å². The SMILES string of the molecule is COc1cc2nc(Cl)nc(Nc3ccc(S(=O)(=O)N4CCN(C)CC4)cc3)c2cc1OC. The van der Waals surface area contributed by atoms with Crippen molar-refractivity contribution >= 4 is 44.0 Å². The van der Waals surface area contributed by atoms with Crippen LogP contribution in [0.3, 0.4) is 0 Å². The molecule has 4 rings (SSSR count). The third-order valence-electron chi connectivity index (χ3n) is 5.39. The highest BCUT2D eigenvalue weighted by Crippen LogP contribution is 2.35. The molecule has 1 N–H and O–H groups in total. The second-order valence-corrected chi connectivity index (χ2v) is 9.70. The first-order chi connectivity index (χ1) is 15.3. The lowest BCUT2D eigenvalue weighted by Crippen LogP contribution is -2.46. The summed E-state index contributed by atoms with van der Waals surface area (Å²) >= 11 is 6.12. The van der Waals surface area contributed by atoms with E-state index in [-0.39, 0.29) is 10.2 Å². The van der Waals surface area contributed by atoms with Crippen LogP contribution >= 0.6 is 11.6 Å². The van der Waals surface area contributed by atoms with Crippen LogP contribution in [-0.2, 0) is 10.0 Å². The van der Waals surface area contributed by atoms with E-state index in [1.54, 1.807) is 50.6 Å². The van der Waals surface area contributed by atoms with Crippen LogP contribution in [0.25, 0.3) is 10.9 Å². The molecule has 11 heteroatoms. The molecular formula is C21H24ClN5O4S. The van der Waals surface area contributed by atoms with Crippen molar-refractivity contribution < 1.29 is 17.9 Å². The summed E-state index contributed by atoms with van der Waals surface area (Å²) in [5.74, 6) is 1.53. The lowest BCUT2D eigenvalue weighted by molar-refractivity contribution is 0.222. The summed E-state index contributed by atoms with van der Waals surface area (Å²) in [4.78, 5) is 10.9. The third kappa shape index (κ3) is 4.44. The number of benzene rings is 2. The number of anilines is 2. The molecule has 1 aliphatic rings. The molecule has 32 heavy (non-hydrogen) atoms. The number of piperazine rings is 1. The first kappa shape index (κ1) is 22.5. The molecule has 0 amide bonds. The molecule has 0 bridgehead atoms. The van der Waals surface area contributed by atoms with E-state index < -0.39 is 10.0 Å². The predicted molar refractivity (Wildman–Crippen MR) is 124 cm³/mol. The van der Waals surface area contributed by atoms with Gasteiger partial charge in [0.15, 0.2) is 11.5 Å². The van der Waals surface area contributed by atoms with E-state index in [1.807, 2.05) is 7.05 Å². The Labute approximate surface area is 192 Å². The van der Waals surface area contributed by atoms with Crippen molar-refractivity contribution in [2.24, 2.45) is 0 Å². The van der Waals surface area contributed by atoms with Crippen molar-refractivity contribution in [2.75, 3.05) is 52.8 Å². The number of ether oxygens (including phenoxy) is 2. The highest BCUT2D eigenvalue weighted by atomic mass is 35.5. The smallest absolute Gasteiger partial charge is 0.243 e. The van der Waals surface area contributed by atoms with Gasteiger partial charge in [0.1, 0.15) is 5.82 Å². The number of rotatable bonds is 6. The predicted octanol–water partition coefficient (Wildman–Crippen LogP) is 2.98. The van der Waals surface area contributed by atoms with Gasteiger partial charge < -0.3 is 19.7 Å². The van der Waals surface area contributed by atoms with Gasteiger partial charge in [0.25, 0.3) is 0 Å². The summed E-state index contributed by atoms with van der Waals surface area (Å²) in [5, 5.41) is 3.95. The normalized spacial score (nSPS) is 15.6. The zero-order valence-corrected chi connectivity index (χ0v) is 19.6. The number of aromatic nitrogens is 2. The Balaban J connectivity index is 1.62. The van der Waals surface area contributed by atoms with Crippen molar-refractivity contribution in [3.63, 3.8) is 0 Å². The quantitative estimate of drug-likeness (QED) is 0.541.